The molecule has 1 fully saturated rings. The Morgan fingerprint density at radius 1 is 1.14 bits per heavy atom. The Balaban J connectivity index is 1.38. The van der Waals surface area contributed by atoms with Crippen LogP contribution in [-0.4, -0.2) is 60.3 Å². The first-order valence-corrected chi connectivity index (χ1v) is 9.62. The van der Waals surface area contributed by atoms with Crippen LogP contribution in [0.25, 0.3) is 28.0 Å². The van der Waals surface area contributed by atoms with Crippen LogP contribution in [0.1, 0.15) is 23.2 Å². The molecule has 1 saturated heterocycles. The SMILES string of the molecule is O=C(c1ccc(-n2cc(-c3n[nH]c4ccccc34)nn2)cc1)N1CCC[C@H](O)C1. The smallest absolute Gasteiger partial charge is 0.253 e. The van der Waals surface area contributed by atoms with Crippen LogP contribution in [0.5, 0.6) is 0 Å². The van der Waals surface area contributed by atoms with Gasteiger partial charge in [0.2, 0.25) is 0 Å². The van der Waals surface area contributed by atoms with E-state index in [0.717, 1.165) is 35.1 Å². The van der Waals surface area contributed by atoms with Crippen LogP contribution in [0, 0.1) is 0 Å². The number of carbonyl (C=O) groups is 1. The van der Waals surface area contributed by atoms with E-state index in [-0.39, 0.29) is 5.91 Å². The summed E-state index contributed by atoms with van der Waals surface area (Å²) in [5.74, 6) is -0.0578. The van der Waals surface area contributed by atoms with Gasteiger partial charge in [0.05, 0.1) is 23.5 Å². The third-order valence-corrected chi connectivity index (χ3v) is 5.27. The lowest BCUT2D eigenvalue weighted by atomic mass is 10.1. The van der Waals surface area contributed by atoms with E-state index < -0.39 is 6.10 Å². The van der Waals surface area contributed by atoms with E-state index in [1.807, 2.05) is 42.6 Å². The van der Waals surface area contributed by atoms with Gasteiger partial charge in [-0.1, -0.05) is 23.4 Å². The lowest BCUT2D eigenvalue weighted by Gasteiger charge is -2.30. The molecule has 5 rings (SSSR count). The highest BCUT2D eigenvalue weighted by atomic mass is 16.3. The second-order valence-electron chi connectivity index (χ2n) is 7.26. The van der Waals surface area contributed by atoms with Gasteiger partial charge in [-0.25, -0.2) is 4.68 Å². The number of hydrogen-bond acceptors (Lipinski definition) is 5. The second-order valence-corrected chi connectivity index (χ2v) is 7.26. The molecule has 0 bridgehead atoms. The summed E-state index contributed by atoms with van der Waals surface area (Å²) in [5, 5.41) is 26.6. The number of benzene rings is 2. The number of nitrogens with zero attached hydrogens (tertiary/aromatic N) is 5. The Morgan fingerprint density at radius 2 is 1.97 bits per heavy atom. The third-order valence-electron chi connectivity index (χ3n) is 5.27. The molecule has 0 unspecified atom stereocenters. The summed E-state index contributed by atoms with van der Waals surface area (Å²) in [6.07, 6.45) is 2.97. The van der Waals surface area contributed by atoms with Crippen molar-refractivity contribution in [3.63, 3.8) is 0 Å². The number of nitrogens with one attached hydrogen (secondary N) is 1. The van der Waals surface area contributed by atoms with Crippen molar-refractivity contribution in [3.05, 3.63) is 60.3 Å². The van der Waals surface area contributed by atoms with Gasteiger partial charge >= 0.3 is 0 Å². The zero-order valence-corrected chi connectivity index (χ0v) is 15.7. The maximum Gasteiger partial charge on any atom is 0.253 e. The maximum absolute atomic E-state index is 12.6. The van der Waals surface area contributed by atoms with Gasteiger partial charge in [-0.2, -0.15) is 5.10 Å². The number of H-pyrrole nitrogens is 1. The standard InChI is InChI=1S/C21H20N6O2/c28-16-4-3-11-26(12-16)21(29)14-7-9-15(10-8-14)27-13-19(23-25-27)20-17-5-1-2-6-18(17)22-24-20/h1-2,5-10,13,16,28H,3-4,11-12H2,(H,22,24)/t16-/m0/s1. The van der Waals surface area contributed by atoms with Crippen molar-refractivity contribution in [1.82, 2.24) is 30.1 Å². The number of fused-ring (bicyclic) bond motifs is 1. The van der Waals surface area contributed by atoms with E-state index in [1.54, 1.807) is 21.7 Å². The maximum atomic E-state index is 12.6. The first-order valence-electron chi connectivity index (χ1n) is 9.62. The van der Waals surface area contributed by atoms with Crippen LogP contribution in [0.3, 0.4) is 0 Å². The third kappa shape index (κ3) is 3.27. The zero-order chi connectivity index (χ0) is 19.8. The number of aromatic nitrogens is 5. The van der Waals surface area contributed by atoms with Crippen molar-refractivity contribution in [2.75, 3.05) is 13.1 Å². The van der Waals surface area contributed by atoms with Gasteiger partial charge in [-0.15, -0.1) is 5.10 Å². The number of aromatic amines is 1. The summed E-state index contributed by atoms with van der Waals surface area (Å²) in [7, 11) is 0. The molecule has 2 N–H and O–H groups in total. The van der Waals surface area contributed by atoms with Crippen LogP contribution in [0.15, 0.2) is 54.7 Å². The van der Waals surface area contributed by atoms with E-state index >= 15 is 0 Å². The molecule has 1 aliphatic rings. The fourth-order valence-electron chi connectivity index (χ4n) is 3.74. The fourth-order valence-corrected chi connectivity index (χ4v) is 3.74. The van der Waals surface area contributed by atoms with Crippen LogP contribution < -0.4 is 0 Å². The van der Waals surface area contributed by atoms with Gasteiger partial charge in [-0.3, -0.25) is 9.89 Å². The Hall–Kier alpha value is -3.52. The van der Waals surface area contributed by atoms with Gasteiger partial charge in [0.25, 0.3) is 5.91 Å². The topological polar surface area (TPSA) is 99.9 Å². The molecular formula is C21H20N6O2. The van der Waals surface area contributed by atoms with Gasteiger partial charge in [0.1, 0.15) is 11.4 Å². The number of carbonyl (C=O) groups excluding carboxylic acids is 1. The number of β-amino-alcohol motifs (C(OH)–C–C–N with tert-alkyl or cyclic N) is 1. The fraction of sp³-hybridized carbons (Fsp3) is 0.238. The average molecular weight is 388 g/mol. The minimum absolute atomic E-state index is 0.0578. The first kappa shape index (κ1) is 17.6. The molecule has 3 heterocycles. The Morgan fingerprint density at radius 3 is 2.79 bits per heavy atom. The minimum Gasteiger partial charge on any atom is -0.391 e. The molecule has 1 amide bonds. The number of para-hydroxylation sites is 1. The molecule has 0 spiro atoms. The number of hydrogen-bond donors (Lipinski definition) is 2. The monoisotopic (exact) mass is 388 g/mol. The molecule has 2 aromatic heterocycles. The van der Waals surface area contributed by atoms with Crippen molar-refractivity contribution in [3.8, 4) is 17.1 Å². The van der Waals surface area contributed by atoms with Crippen molar-refractivity contribution in [2.24, 2.45) is 0 Å². The summed E-state index contributed by atoms with van der Waals surface area (Å²) in [6, 6.07) is 15.1. The van der Waals surface area contributed by atoms with Crippen LogP contribution in [0.2, 0.25) is 0 Å². The van der Waals surface area contributed by atoms with Crippen molar-refractivity contribution >= 4 is 16.8 Å². The average Bonchev–Trinajstić information content (AvgIpc) is 3.40. The molecule has 0 radical (unpaired) electrons. The van der Waals surface area contributed by atoms with E-state index in [1.165, 1.54) is 0 Å². The molecule has 146 valence electrons. The van der Waals surface area contributed by atoms with Crippen molar-refractivity contribution in [1.29, 1.82) is 0 Å². The number of amides is 1. The van der Waals surface area contributed by atoms with Gasteiger partial charge in [-0.05, 0) is 43.2 Å². The number of likely N-dealkylation sites (tertiary alicyclic amines) is 1. The van der Waals surface area contributed by atoms with E-state index in [0.29, 0.717) is 24.3 Å². The molecule has 8 nitrogen and oxygen atoms in total. The molecule has 0 saturated carbocycles. The molecule has 8 heteroatoms. The van der Waals surface area contributed by atoms with Gasteiger partial charge in [0, 0.05) is 24.0 Å². The van der Waals surface area contributed by atoms with E-state index in [9.17, 15) is 9.90 Å². The summed E-state index contributed by atoms with van der Waals surface area (Å²) < 4.78 is 1.66. The molecule has 29 heavy (non-hydrogen) atoms. The Bertz CT molecular complexity index is 1160. The highest BCUT2D eigenvalue weighted by molar-refractivity contribution is 5.94. The number of aliphatic hydroxyl groups excluding tert-OH is 1. The first-order chi connectivity index (χ1) is 14.2. The Labute approximate surface area is 166 Å². The largest absolute Gasteiger partial charge is 0.391 e. The zero-order valence-electron chi connectivity index (χ0n) is 15.7. The number of piperidine rings is 1. The summed E-state index contributed by atoms with van der Waals surface area (Å²) in [5.41, 5.74) is 3.77. The molecule has 1 aliphatic heterocycles. The molecule has 0 aliphatic carbocycles. The highest BCUT2D eigenvalue weighted by Crippen LogP contribution is 2.24. The minimum atomic E-state index is -0.432. The quantitative estimate of drug-likeness (QED) is 0.561. The van der Waals surface area contributed by atoms with Gasteiger partial charge in [0.15, 0.2) is 0 Å². The predicted molar refractivity (Wildman–Crippen MR) is 108 cm³/mol. The van der Waals surface area contributed by atoms with Crippen molar-refractivity contribution < 1.29 is 9.90 Å². The summed E-state index contributed by atoms with van der Waals surface area (Å²) in [6.45, 7) is 1.08. The van der Waals surface area contributed by atoms with Crippen molar-refractivity contribution in [2.45, 2.75) is 18.9 Å². The van der Waals surface area contributed by atoms with E-state index in [4.69, 9.17) is 0 Å². The highest BCUT2D eigenvalue weighted by Gasteiger charge is 2.23. The Kier molecular flexibility index (Phi) is 4.33. The number of aliphatic hydroxyl groups is 1. The number of rotatable bonds is 3. The molecule has 2 aromatic carbocycles. The van der Waals surface area contributed by atoms with Crippen LogP contribution in [-0.2, 0) is 0 Å². The molecule has 1 atom stereocenters. The molecule has 4 aromatic rings. The lowest BCUT2D eigenvalue weighted by Crippen LogP contribution is -2.42. The van der Waals surface area contributed by atoms with Crippen LogP contribution >= 0.6 is 0 Å². The summed E-state index contributed by atoms with van der Waals surface area (Å²) in [4.78, 5) is 14.4. The second kappa shape index (κ2) is 7.14. The lowest BCUT2D eigenvalue weighted by molar-refractivity contribution is 0.0474. The van der Waals surface area contributed by atoms with Crippen LogP contribution in [0.4, 0.5) is 0 Å². The molecular weight excluding hydrogens is 368 g/mol. The normalized spacial score (nSPS) is 17.0. The van der Waals surface area contributed by atoms with Gasteiger partial charge < -0.3 is 10.0 Å². The van der Waals surface area contributed by atoms with E-state index in [2.05, 4.69) is 20.5 Å². The summed E-state index contributed by atoms with van der Waals surface area (Å²) >= 11 is 0. The predicted octanol–water partition coefficient (Wildman–Crippen LogP) is 2.41.